The molecular formula is C12H18N2O2. The zero-order valence-corrected chi connectivity index (χ0v) is 9.66. The van der Waals surface area contributed by atoms with Crippen LogP contribution in [0.2, 0.25) is 0 Å². The van der Waals surface area contributed by atoms with Crippen LogP contribution in [0, 0.1) is 5.92 Å². The summed E-state index contributed by atoms with van der Waals surface area (Å²) in [5, 5.41) is 12.2. The molecule has 0 atom stereocenters. The van der Waals surface area contributed by atoms with Crippen molar-refractivity contribution in [3.05, 3.63) is 18.2 Å². The van der Waals surface area contributed by atoms with Gasteiger partial charge in [0.15, 0.2) is 0 Å². The fourth-order valence-corrected chi connectivity index (χ4v) is 1.55. The number of nitrogens with one attached hydrogen (secondary N) is 1. The number of aromatic hydroxyl groups is 1. The van der Waals surface area contributed by atoms with E-state index in [2.05, 4.69) is 5.32 Å². The van der Waals surface area contributed by atoms with Gasteiger partial charge >= 0.3 is 0 Å². The molecule has 16 heavy (non-hydrogen) atoms. The van der Waals surface area contributed by atoms with Crippen molar-refractivity contribution in [2.24, 2.45) is 5.92 Å². The number of benzene rings is 1. The SMILES string of the molecule is CCC(CC)C(=O)Nc1cc(N)ccc1O. The van der Waals surface area contributed by atoms with Crippen molar-refractivity contribution >= 4 is 17.3 Å². The number of phenolic OH excluding ortho intramolecular Hbond substituents is 1. The molecule has 0 saturated carbocycles. The molecular weight excluding hydrogens is 204 g/mol. The van der Waals surface area contributed by atoms with E-state index in [4.69, 9.17) is 5.73 Å². The molecule has 0 unspecified atom stereocenters. The molecule has 0 aliphatic rings. The number of carbonyl (C=O) groups excluding carboxylic acids is 1. The Balaban J connectivity index is 2.80. The van der Waals surface area contributed by atoms with Crippen molar-refractivity contribution in [1.82, 2.24) is 0 Å². The first-order chi connectivity index (χ1) is 7.58. The normalized spacial score (nSPS) is 10.4. The molecule has 0 aliphatic heterocycles. The summed E-state index contributed by atoms with van der Waals surface area (Å²) >= 11 is 0. The largest absolute Gasteiger partial charge is 0.506 e. The number of hydrogen-bond donors (Lipinski definition) is 3. The van der Waals surface area contributed by atoms with E-state index < -0.39 is 0 Å². The summed E-state index contributed by atoms with van der Waals surface area (Å²) in [6, 6.07) is 4.61. The van der Waals surface area contributed by atoms with E-state index >= 15 is 0 Å². The lowest BCUT2D eigenvalue weighted by atomic mass is 10.0. The first kappa shape index (κ1) is 12.4. The minimum absolute atomic E-state index is 0.0270. The highest BCUT2D eigenvalue weighted by Gasteiger charge is 2.15. The molecule has 0 aliphatic carbocycles. The lowest BCUT2D eigenvalue weighted by Gasteiger charge is -2.13. The first-order valence-electron chi connectivity index (χ1n) is 5.47. The van der Waals surface area contributed by atoms with E-state index in [1.807, 2.05) is 13.8 Å². The number of nitrogens with two attached hydrogens (primary N) is 1. The lowest BCUT2D eigenvalue weighted by Crippen LogP contribution is -2.21. The van der Waals surface area contributed by atoms with Crippen molar-refractivity contribution in [1.29, 1.82) is 0 Å². The van der Waals surface area contributed by atoms with E-state index in [9.17, 15) is 9.90 Å². The van der Waals surface area contributed by atoms with Gasteiger partial charge in [-0.05, 0) is 31.0 Å². The van der Waals surface area contributed by atoms with Crippen LogP contribution in [-0.4, -0.2) is 11.0 Å². The van der Waals surface area contributed by atoms with Gasteiger partial charge in [-0.1, -0.05) is 13.8 Å². The van der Waals surface area contributed by atoms with E-state index in [0.29, 0.717) is 11.4 Å². The summed E-state index contributed by atoms with van der Waals surface area (Å²) in [5.74, 6) is -0.0692. The second-order valence-corrected chi connectivity index (χ2v) is 3.78. The molecule has 0 fully saturated rings. The predicted molar refractivity (Wildman–Crippen MR) is 65.2 cm³/mol. The monoisotopic (exact) mass is 222 g/mol. The van der Waals surface area contributed by atoms with Crippen LogP contribution < -0.4 is 11.1 Å². The van der Waals surface area contributed by atoms with Crippen molar-refractivity contribution in [2.75, 3.05) is 11.1 Å². The van der Waals surface area contributed by atoms with Crippen LogP contribution in [0.4, 0.5) is 11.4 Å². The van der Waals surface area contributed by atoms with Gasteiger partial charge in [-0.3, -0.25) is 4.79 Å². The molecule has 0 heterocycles. The van der Waals surface area contributed by atoms with Crippen molar-refractivity contribution in [3.63, 3.8) is 0 Å². The van der Waals surface area contributed by atoms with Gasteiger partial charge in [-0.15, -0.1) is 0 Å². The number of phenols is 1. The summed E-state index contributed by atoms with van der Waals surface area (Å²) in [5.41, 5.74) is 6.47. The van der Waals surface area contributed by atoms with Gasteiger partial charge in [0, 0.05) is 11.6 Å². The molecule has 0 saturated heterocycles. The van der Waals surface area contributed by atoms with Gasteiger partial charge in [-0.2, -0.15) is 0 Å². The molecule has 0 bridgehead atoms. The van der Waals surface area contributed by atoms with Crippen LogP contribution in [-0.2, 0) is 4.79 Å². The Kier molecular flexibility index (Phi) is 4.17. The van der Waals surface area contributed by atoms with Gasteiger partial charge in [0.05, 0.1) is 5.69 Å². The van der Waals surface area contributed by atoms with E-state index in [1.165, 1.54) is 6.07 Å². The fourth-order valence-electron chi connectivity index (χ4n) is 1.55. The predicted octanol–water partition coefficient (Wildman–Crippen LogP) is 2.35. The molecule has 0 spiro atoms. The third kappa shape index (κ3) is 2.89. The molecule has 1 aromatic rings. The van der Waals surface area contributed by atoms with E-state index in [-0.39, 0.29) is 17.6 Å². The maximum absolute atomic E-state index is 11.8. The van der Waals surface area contributed by atoms with Crippen molar-refractivity contribution in [2.45, 2.75) is 26.7 Å². The van der Waals surface area contributed by atoms with Gasteiger partial charge in [0.2, 0.25) is 5.91 Å². The molecule has 0 radical (unpaired) electrons. The second kappa shape index (κ2) is 5.39. The number of amides is 1. The molecule has 4 nitrogen and oxygen atoms in total. The van der Waals surface area contributed by atoms with Crippen LogP contribution in [0.5, 0.6) is 5.75 Å². The molecule has 4 heteroatoms. The number of nitrogen functional groups attached to an aromatic ring is 1. The number of rotatable bonds is 4. The second-order valence-electron chi connectivity index (χ2n) is 3.78. The number of anilines is 2. The minimum atomic E-state index is -0.0779. The molecule has 4 N–H and O–H groups in total. The van der Waals surface area contributed by atoms with Crippen LogP contribution in [0.15, 0.2) is 18.2 Å². The quantitative estimate of drug-likeness (QED) is 0.416. The highest BCUT2D eigenvalue weighted by atomic mass is 16.3. The summed E-state index contributed by atoms with van der Waals surface area (Å²) < 4.78 is 0. The third-order valence-corrected chi connectivity index (χ3v) is 2.63. The van der Waals surface area contributed by atoms with Crippen molar-refractivity contribution < 1.29 is 9.90 Å². The highest BCUT2D eigenvalue weighted by molar-refractivity contribution is 5.94. The number of hydrogen-bond acceptors (Lipinski definition) is 3. The number of carbonyl (C=O) groups is 1. The summed E-state index contributed by atoms with van der Waals surface area (Å²) in [6.07, 6.45) is 1.57. The summed E-state index contributed by atoms with van der Waals surface area (Å²) in [7, 11) is 0. The van der Waals surface area contributed by atoms with Crippen LogP contribution >= 0.6 is 0 Å². The van der Waals surface area contributed by atoms with Crippen LogP contribution in [0.3, 0.4) is 0 Å². The third-order valence-electron chi connectivity index (χ3n) is 2.63. The Morgan fingerprint density at radius 2 is 2.06 bits per heavy atom. The topological polar surface area (TPSA) is 75.4 Å². The molecule has 1 aromatic carbocycles. The zero-order valence-electron chi connectivity index (χ0n) is 9.66. The maximum atomic E-state index is 11.8. The Hall–Kier alpha value is -1.71. The zero-order chi connectivity index (χ0) is 12.1. The average Bonchev–Trinajstić information content (AvgIpc) is 2.25. The van der Waals surface area contributed by atoms with E-state index in [0.717, 1.165) is 12.8 Å². The summed E-state index contributed by atoms with van der Waals surface area (Å²) in [4.78, 5) is 11.8. The summed E-state index contributed by atoms with van der Waals surface area (Å²) in [6.45, 7) is 3.93. The Bertz CT molecular complexity index is 373. The first-order valence-corrected chi connectivity index (χ1v) is 5.47. The Morgan fingerprint density at radius 3 is 2.62 bits per heavy atom. The van der Waals surface area contributed by atoms with Gasteiger partial charge < -0.3 is 16.2 Å². The standard InChI is InChI=1S/C12H18N2O2/c1-3-8(4-2)12(16)14-10-7-9(13)5-6-11(10)15/h5-8,15H,3-4,13H2,1-2H3,(H,14,16). The van der Waals surface area contributed by atoms with Crippen LogP contribution in [0.1, 0.15) is 26.7 Å². The van der Waals surface area contributed by atoms with Gasteiger partial charge in [0.25, 0.3) is 0 Å². The Morgan fingerprint density at radius 1 is 1.44 bits per heavy atom. The highest BCUT2D eigenvalue weighted by Crippen LogP contribution is 2.26. The molecule has 1 amide bonds. The fraction of sp³-hybridized carbons (Fsp3) is 0.417. The molecule has 88 valence electrons. The van der Waals surface area contributed by atoms with Gasteiger partial charge in [0.1, 0.15) is 5.75 Å². The maximum Gasteiger partial charge on any atom is 0.227 e. The molecule has 0 aromatic heterocycles. The smallest absolute Gasteiger partial charge is 0.227 e. The van der Waals surface area contributed by atoms with Crippen molar-refractivity contribution in [3.8, 4) is 5.75 Å². The minimum Gasteiger partial charge on any atom is -0.506 e. The van der Waals surface area contributed by atoms with Gasteiger partial charge in [-0.25, -0.2) is 0 Å². The van der Waals surface area contributed by atoms with E-state index in [1.54, 1.807) is 12.1 Å². The molecule has 1 rings (SSSR count). The lowest BCUT2D eigenvalue weighted by molar-refractivity contribution is -0.120. The Labute approximate surface area is 95.5 Å². The average molecular weight is 222 g/mol. The van der Waals surface area contributed by atoms with Crippen LogP contribution in [0.25, 0.3) is 0 Å².